The molecule has 4 heterocycles. The van der Waals surface area contributed by atoms with E-state index in [0.29, 0.717) is 16.4 Å². The summed E-state index contributed by atoms with van der Waals surface area (Å²) in [4.78, 5) is 4.42. The Hall–Kier alpha value is -1.66. The van der Waals surface area contributed by atoms with Crippen LogP contribution in [-0.4, -0.2) is 40.9 Å². The van der Waals surface area contributed by atoms with E-state index in [0.717, 1.165) is 48.1 Å². The number of aromatic nitrogens is 1. The second-order valence-corrected chi connectivity index (χ2v) is 7.49. The fourth-order valence-corrected chi connectivity index (χ4v) is 4.78. The van der Waals surface area contributed by atoms with E-state index in [-0.39, 0.29) is 18.4 Å². The van der Waals surface area contributed by atoms with Gasteiger partial charge in [-0.2, -0.15) is 5.84 Å². The Morgan fingerprint density at radius 3 is 2.92 bits per heavy atom. The minimum Gasteiger partial charge on any atom is -1.00 e. The van der Waals surface area contributed by atoms with E-state index in [1.165, 1.54) is 0 Å². The molecule has 140 valence electrons. The van der Waals surface area contributed by atoms with Gasteiger partial charge in [-0.05, 0) is 35.7 Å². The summed E-state index contributed by atoms with van der Waals surface area (Å²) in [5.74, 6) is 8.53. The number of nitrogens with two attached hydrogens (primary N) is 1. The van der Waals surface area contributed by atoms with E-state index in [2.05, 4.69) is 11.6 Å². The first kappa shape index (κ1) is 19.1. The number of hydrogen-bond acceptors (Lipinski definition) is 4. The number of fused-ring (bicyclic) bond motifs is 4. The van der Waals surface area contributed by atoms with Crippen molar-refractivity contribution in [2.24, 2.45) is 17.7 Å². The maximum atomic E-state index is 11.3. The second-order valence-electron chi connectivity index (χ2n) is 7.49. The van der Waals surface area contributed by atoms with Crippen LogP contribution >= 0.6 is 0 Å². The third kappa shape index (κ3) is 2.99. The van der Waals surface area contributed by atoms with Gasteiger partial charge in [0.1, 0.15) is 24.4 Å². The summed E-state index contributed by atoms with van der Waals surface area (Å²) in [5.41, 5.74) is 1.75. The summed E-state index contributed by atoms with van der Waals surface area (Å²) in [6, 6.07) is 7.69. The Kier molecular flexibility index (Phi) is 5.26. The van der Waals surface area contributed by atoms with Gasteiger partial charge in [-0.15, -0.1) is 6.58 Å². The van der Waals surface area contributed by atoms with E-state index in [4.69, 9.17) is 10.6 Å². The van der Waals surface area contributed by atoms with Gasteiger partial charge in [0, 0.05) is 30.3 Å². The summed E-state index contributed by atoms with van der Waals surface area (Å²) in [7, 11) is 1.65. The Bertz CT molecular complexity index is 815. The Labute approximate surface area is 160 Å². The lowest BCUT2D eigenvalue weighted by Crippen LogP contribution is -3.00. The van der Waals surface area contributed by atoms with Gasteiger partial charge in [0.15, 0.2) is 0 Å². The number of nitrogens with zero attached hydrogens (tertiary/aromatic N) is 2. The van der Waals surface area contributed by atoms with Crippen LogP contribution in [0.5, 0.6) is 5.75 Å². The molecule has 3 N–H and O–H groups in total. The highest BCUT2D eigenvalue weighted by Crippen LogP contribution is 2.44. The molecule has 0 spiro atoms. The number of rotatable bonds is 4. The average Bonchev–Trinajstić information content (AvgIpc) is 2.66. The highest BCUT2D eigenvalue weighted by atomic mass is 35.5. The van der Waals surface area contributed by atoms with E-state index < -0.39 is 6.10 Å². The zero-order chi connectivity index (χ0) is 17.6. The molecule has 6 heteroatoms. The minimum atomic E-state index is -0.615. The first-order valence-electron chi connectivity index (χ1n) is 8.94. The third-order valence-corrected chi connectivity index (χ3v) is 6.25. The number of halogens is 1. The van der Waals surface area contributed by atoms with Gasteiger partial charge in [-0.3, -0.25) is 4.98 Å². The number of piperidine rings is 3. The van der Waals surface area contributed by atoms with Crippen LogP contribution in [-0.2, 0) is 0 Å². The number of benzene rings is 1. The number of pyridine rings is 1. The maximum absolute atomic E-state index is 11.3. The Balaban J connectivity index is 0.00000196. The lowest BCUT2D eigenvalue weighted by molar-refractivity contribution is -0.984. The van der Waals surface area contributed by atoms with E-state index in [1.807, 2.05) is 30.3 Å². The van der Waals surface area contributed by atoms with Gasteiger partial charge in [0.2, 0.25) is 0 Å². The molecule has 2 bridgehead atoms. The predicted molar refractivity (Wildman–Crippen MR) is 97.6 cm³/mol. The van der Waals surface area contributed by atoms with Gasteiger partial charge >= 0.3 is 0 Å². The summed E-state index contributed by atoms with van der Waals surface area (Å²) < 4.78 is 5.78. The number of aliphatic hydroxyl groups excluding tert-OH is 1. The minimum absolute atomic E-state index is 0. The molecule has 0 aliphatic carbocycles. The first-order chi connectivity index (χ1) is 12.1. The normalized spacial score (nSPS) is 31.3. The molecule has 0 saturated carbocycles. The third-order valence-electron chi connectivity index (χ3n) is 6.25. The van der Waals surface area contributed by atoms with Crippen LogP contribution in [0.15, 0.2) is 43.1 Å². The summed E-state index contributed by atoms with van der Waals surface area (Å²) in [6.45, 7) is 5.76. The van der Waals surface area contributed by atoms with Crippen LogP contribution in [0.4, 0.5) is 0 Å². The standard InChI is InChI=1S/C20H26N3O2.ClH/c1-3-13-12-23(21)9-7-14(13)10-19(23)20(24)16-6-8-22-18-5-4-15(25-2)11-17(16)18;/h3-6,8,11,13-14,19-20,24H,1,7,9-10,12,21H2,2H3;1H/q+1;/p-1. The molecule has 5 atom stereocenters. The van der Waals surface area contributed by atoms with Gasteiger partial charge in [-0.25, -0.2) is 4.59 Å². The fourth-order valence-electron chi connectivity index (χ4n) is 4.78. The molecule has 26 heavy (non-hydrogen) atoms. The molecule has 5 unspecified atom stereocenters. The topological polar surface area (TPSA) is 68.4 Å². The van der Waals surface area contributed by atoms with E-state index in [1.54, 1.807) is 13.3 Å². The largest absolute Gasteiger partial charge is 1.00 e. The Morgan fingerprint density at radius 1 is 1.42 bits per heavy atom. The van der Waals surface area contributed by atoms with Crippen LogP contribution in [0.1, 0.15) is 24.5 Å². The van der Waals surface area contributed by atoms with Crippen molar-refractivity contribution in [2.45, 2.75) is 25.0 Å². The molecule has 2 aromatic rings. The zero-order valence-corrected chi connectivity index (χ0v) is 15.8. The van der Waals surface area contributed by atoms with Gasteiger partial charge in [0.25, 0.3) is 0 Å². The van der Waals surface area contributed by atoms with Crippen molar-refractivity contribution in [3.05, 3.63) is 48.7 Å². The molecule has 5 rings (SSSR count). The number of methoxy groups -OCH3 is 1. The van der Waals surface area contributed by atoms with E-state index in [9.17, 15) is 5.11 Å². The van der Waals surface area contributed by atoms with Crippen molar-refractivity contribution >= 4 is 10.9 Å². The highest BCUT2D eigenvalue weighted by molar-refractivity contribution is 5.83. The van der Waals surface area contributed by atoms with Crippen molar-refractivity contribution in [1.29, 1.82) is 0 Å². The Morgan fingerprint density at radius 2 is 2.23 bits per heavy atom. The monoisotopic (exact) mass is 375 g/mol. The fraction of sp³-hybridized carbons (Fsp3) is 0.450. The second kappa shape index (κ2) is 7.16. The summed E-state index contributed by atoms with van der Waals surface area (Å²) >= 11 is 0. The molecule has 0 amide bonds. The highest BCUT2D eigenvalue weighted by Gasteiger charge is 2.52. The molecule has 3 aliphatic heterocycles. The summed E-state index contributed by atoms with van der Waals surface area (Å²) in [5, 5.41) is 12.2. The zero-order valence-electron chi connectivity index (χ0n) is 15.0. The van der Waals surface area contributed by atoms with Crippen molar-refractivity contribution in [1.82, 2.24) is 4.98 Å². The number of quaternary nitrogens is 1. The molecular weight excluding hydrogens is 350 g/mol. The van der Waals surface area contributed by atoms with Crippen molar-refractivity contribution in [3.8, 4) is 5.75 Å². The van der Waals surface area contributed by atoms with Crippen molar-refractivity contribution in [3.63, 3.8) is 0 Å². The van der Waals surface area contributed by atoms with Crippen LogP contribution in [0.25, 0.3) is 10.9 Å². The molecular formula is C20H26ClN3O2. The van der Waals surface area contributed by atoms with Gasteiger partial charge < -0.3 is 22.3 Å². The van der Waals surface area contributed by atoms with Crippen LogP contribution in [0.3, 0.4) is 0 Å². The van der Waals surface area contributed by atoms with Crippen LogP contribution in [0.2, 0.25) is 0 Å². The predicted octanol–water partition coefficient (Wildman–Crippen LogP) is -0.434. The van der Waals surface area contributed by atoms with Crippen LogP contribution in [0, 0.1) is 11.8 Å². The molecule has 3 saturated heterocycles. The lowest BCUT2D eigenvalue weighted by Gasteiger charge is -2.54. The molecule has 1 aromatic carbocycles. The van der Waals surface area contributed by atoms with Gasteiger partial charge in [-0.1, -0.05) is 6.08 Å². The van der Waals surface area contributed by atoms with Crippen LogP contribution < -0.4 is 23.0 Å². The number of ether oxygens (including phenoxy) is 1. The number of hydrogen-bond donors (Lipinski definition) is 2. The molecule has 3 aliphatic rings. The summed E-state index contributed by atoms with van der Waals surface area (Å²) in [6.07, 6.45) is 5.23. The molecule has 3 fully saturated rings. The average molecular weight is 376 g/mol. The molecule has 0 radical (unpaired) electrons. The molecule has 5 nitrogen and oxygen atoms in total. The van der Waals surface area contributed by atoms with E-state index >= 15 is 0 Å². The lowest BCUT2D eigenvalue weighted by atomic mass is 9.72. The first-order valence-corrected chi connectivity index (χ1v) is 8.94. The van der Waals surface area contributed by atoms with Gasteiger partial charge in [0.05, 0.1) is 19.2 Å². The van der Waals surface area contributed by atoms with Crippen molar-refractivity contribution < 1.29 is 26.8 Å². The number of aliphatic hydroxyl groups is 1. The molecule has 1 aromatic heterocycles. The van der Waals surface area contributed by atoms with Crippen molar-refractivity contribution in [2.75, 3.05) is 20.2 Å². The SMILES string of the molecule is C=CC1C[N+]2(N)CCC1CC2C(O)c1ccnc2ccc(OC)cc12.[Cl-]. The maximum Gasteiger partial charge on any atom is 0.137 e. The quantitative estimate of drug-likeness (QED) is 0.432. The smallest absolute Gasteiger partial charge is 0.137 e.